The van der Waals surface area contributed by atoms with Crippen LogP contribution in [0.25, 0.3) is 11.1 Å². The lowest BCUT2D eigenvalue weighted by atomic mass is 9.78. The van der Waals surface area contributed by atoms with Crippen molar-refractivity contribution in [3.63, 3.8) is 0 Å². The molecule has 21 heavy (non-hydrogen) atoms. The van der Waals surface area contributed by atoms with Crippen LogP contribution in [0.1, 0.15) is 71.1 Å². The molecule has 1 heterocycles. The third-order valence-electron chi connectivity index (χ3n) is 5.33. The second-order valence-electron chi connectivity index (χ2n) is 7.08. The van der Waals surface area contributed by atoms with Gasteiger partial charge in [-0.25, -0.2) is 0 Å². The molecule has 2 aliphatic rings. The molecule has 0 nitrogen and oxygen atoms in total. The summed E-state index contributed by atoms with van der Waals surface area (Å²) in [5.41, 5.74) is 0.426. The van der Waals surface area contributed by atoms with Crippen molar-refractivity contribution in [1.82, 2.24) is 0 Å². The normalized spacial score (nSPS) is 24.1. The van der Waals surface area contributed by atoms with Crippen LogP contribution < -0.4 is 10.4 Å². The molecule has 0 unspecified atom stereocenters. The Labute approximate surface area is 131 Å². The summed E-state index contributed by atoms with van der Waals surface area (Å²) in [4.78, 5) is 0. The lowest BCUT2D eigenvalue weighted by Gasteiger charge is -2.31. The maximum absolute atomic E-state index is 2.54. The van der Waals surface area contributed by atoms with Gasteiger partial charge >= 0.3 is 0 Å². The van der Waals surface area contributed by atoms with Crippen LogP contribution in [0.3, 0.4) is 0 Å². The molecule has 113 valence electrons. The molecule has 1 radical (unpaired) electrons. The van der Waals surface area contributed by atoms with Crippen molar-refractivity contribution in [2.45, 2.75) is 71.1 Å². The molecule has 0 aromatic heterocycles. The minimum Gasteiger partial charge on any atom is -0.0616 e. The van der Waals surface area contributed by atoms with Gasteiger partial charge in [0.2, 0.25) is 0 Å². The zero-order valence-corrected chi connectivity index (χ0v) is 14.3. The molecule has 3 rings (SSSR count). The standard InChI is InChI=1S/C20H28P/c1-20(14-10-6-4-2-3-5-7-11-15-20)19-18-13-9-8-12-17(18)16-21-19/h8-9,12-13,16H,2-7,10-11,14-15H2,1H3. The number of fused-ring (bicyclic) bond motifs is 1. The monoisotopic (exact) mass is 299 g/mol. The summed E-state index contributed by atoms with van der Waals surface area (Å²) in [6.07, 6.45) is 14.3. The van der Waals surface area contributed by atoms with Crippen molar-refractivity contribution in [2.24, 2.45) is 5.41 Å². The largest absolute Gasteiger partial charge is 0.0616 e. The van der Waals surface area contributed by atoms with Crippen LogP contribution in [-0.4, -0.2) is 0 Å². The molecule has 1 fully saturated rings. The highest BCUT2D eigenvalue weighted by Crippen LogP contribution is 2.49. The number of benzene rings is 1. The van der Waals surface area contributed by atoms with E-state index in [-0.39, 0.29) is 0 Å². The van der Waals surface area contributed by atoms with Gasteiger partial charge in [-0.1, -0.05) is 82.6 Å². The highest BCUT2D eigenvalue weighted by molar-refractivity contribution is 7.58. The summed E-state index contributed by atoms with van der Waals surface area (Å²) in [5.74, 6) is 2.42. The molecular formula is C20H28P. The molecule has 1 aromatic rings. The molecule has 0 bridgehead atoms. The quantitative estimate of drug-likeness (QED) is 0.608. The first-order chi connectivity index (χ1) is 10.3. The van der Waals surface area contributed by atoms with Gasteiger partial charge < -0.3 is 0 Å². The van der Waals surface area contributed by atoms with Gasteiger partial charge in [-0.05, 0) is 48.4 Å². The molecule has 1 aromatic carbocycles. The SMILES string of the molecule is CC1(C2=c3ccccc3=C[P]2)CCCCCCCCCC1. The van der Waals surface area contributed by atoms with Gasteiger partial charge in [-0.2, -0.15) is 0 Å². The van der Waals surface area contributed by atoms with E-state index in [0.29, 0.717) is 5.41 Å². The Balaban J connectivity index is 1.88. The van der Waals surface area contributed by atoms with Crippen molar-refractivity contribution in [2.75, 3.05) is 0 Å². The maximum atomic E-state index is 2.54. The first-order valence-corrected chi connectivity index (χ1v) is 9.77. The fourth-order valence-corrected chi connectivity index (χ4v) is 5.33. The maximum Gasteiger partial charge on any atom is -0.00582 e. The van der Waals surface area contributed by atoms with Gasteiger partial charge in [-0.3, -0.25) is 0 Å². The zero-order chi connectivity index (χ0) is 14.5. The van der Waals surface area contributed by atoms with Gasteiger partial charge in [-0.15, -0.1) is 0 Å². The Bertz CT molecular complexity index is 572. The average Bonchev–Trinajstić information content (AvgIpc) is 2.91. The smallest absolute Gasteiger partial charge is 0.00582 e. The van der Waals surface area contributed by atoms with Crippen molar-refractivity contribution < 1.29 is 0 Å². The van der Waals surface area contributed by atoms with Crippen molar-refractivity contribution in [3.05, 3.63) is 34.7 Å². The molecule has 0 atom stereocenters. The predicted octanol–water partition coefficient (Wildman–Crippen LogP) is 5.41. The van der Waals surface area contributed by atoms with Crippen molar-refractivity contribution in [1.29, 1.82) is 0 Å². The minimum atomic E-state index is 0.426. The third kappa shape index (κ3) is 3.59. The second kappa shape index (κ2) is 7.10. The number of hydrogen-bond donors (Lipinski definition) is 0. The average molecular weight is 299 g/mol. The van der Waals surface area contributed by atoms with Crippen LogP contribution in [-0.2, 0) is 0 Å². The Morgan fingerprint density at radius 3 is 2.05 bits per heavy atom. The van der Waals surface area contributed by atoms with Gasteiger partial charge in [0.25, 0.3) is 0 Å². The predicted molar refractivity (Wildman–Crippen MR) is 94.8 cm³/mol. The van der Waals surface area contributed by atoms with E-state index in [1.54, 1.807) is 5.31 Å². The van der Waals surface area contributed by atoms with Gasteiger partial charge in [0.15, 0.2) is 0 Å². The van der Waals surface area contributed by atoms with Gasteiger partial charge in [0.1, 0.15) is 0 Å². The molecule has 1 aliphatic carbocycles. The molecule has 0 amide bonds. The molecule has 0 saturated heterocycles. The first kappa shape index (κ1) is 15.3. The minimum absolute atomic E-state index is 0.426. The van der Waals surface area contributed by atoms with E-state index in [2.05, 4.69) is 37.0 Å². The van der Waals surface area contributed by atoms with Crippen molar-refractivity contribution >= 4 is 19.7 Å². The van der Waals surface area contributed by atoms with E-state index in [9.17, 15) is 0 Å². The molecule has 1 heteroatoms. The first-order valence-electron chi connectivity index (χ1n) is 8.80. The topological polar surface area (TPSA) is 0 Å². The van der Waals surface area contributed by atoms with Gasteiger partial charge in [0.05, 0.1) is 0 Å². The van der Waals surface area contributed by atoms with E-state index in [0.717, 1.165) is 0 Å². The molecule has 0 N–H and O–H groups in total. The second-order valence-corrected chi connectivity index (χ2v) is 8.05. The Kier molecular flexibility index (Phi) is 5.17. The third-order valence-corrected chi connectivity index (χ3v) is 6.77. The summed E-state index contributed by atoms with van der Waals surface area (Å²) in [6, 6.07) is 9.01. The van der Waals surface area contributed by atoms with Gasteiger partial charge in [0, 0.05) is 0 Å². The summed E-state index contributed by atoms with van der Waals surface area (Å²) in [7, 11) is 1.46. The summed E-state index contributed by atoms with van der Waals surface area (Å²) in [6.45, 7) is 2.54. The van der Waals surface area contributed by atoms with E-state index in [1.165, 1.54) is 83.2 Å². The van der Waals surface area contributed by atoms with E-state index in [4.69, 9.17) is 0 Å². The van der Waals surface area contributed by atoms with Crippen LogP contribution in [0, 0.1) is 5.41 Å². The number of hydrogen-bond acceptors (Lipinski definition) is 0. The zero-order valence-electron chi connectivity index (χ0n) is 13.4. The Morgan fingerprint density at radius 1 is 0.810 bits per heavy atom. The Morgan fingerprint density at radius 2 is 1.38 bits per heavy atom. The van der Waals surface area contributed by atoms with Crippen molar-refractivity contribution in [3.8, 4) is 0 Å². The van der Waals surface area contributed by atoms with E-state index >= 15 is 0 Å². The molecule has 1 aliphatic heterocycles. The highest BCUT2D eigenvalue weighted by atomic mass is 31.1. The van der Waals surface area contributed by atoms with E-state index < -0.39 is 0 Å². The van der Waals surface area contributed by atoms with Crippen LogP contribution >= 0.6 is 8.58 Å². The highest BCUT2D eigenvalue weighted by Gasteiger charge is 2.30. The van der Waals surface area contributed by atoms with Crippen LogP contribution in [0.2, 0.25) is 0 Å². The van der Waals surface area contributed by atoms with Crippen LogP contribution in [0.4, 0.5) is 0 Å². The fraction of sp³-hybridized carbons (Fsp3) is 0.600. The number of rotatable bonds is 1. The summed E-state index contributed by atoms with van der Waals surface area (Å²) < 4.78 is 0. The lowest BCUT2D eigenvalue weighted by Crippen LogP contribution is -2.28. The fourth-order valence-electron chi connectivity index (χ4n) is 3.96. The molecular weight excluding hydrogens is 271 g/mol. The molecule has 0 spiro atoms. The molecule has 1 saturated carbocycles. The van der Waals surface area contributed by atoms with Crippen LogP contribution in [0.5, 0.6) is 0 Å². The lowest BCUT2D eigenvalue weighted by molar-refractivity contribution is 0.353. The summed E-state index contributed by atoms with van der Waals surface area (Å²) in [5, 5.41) is 4.71. The van der Waals surface area contributed by atoms with Crippen LogP contribution in [0.15, 0.2) is 24.3 Å². The Hall–Kier alpha value is -0.610. The van der Waals surface area contributed by atoms with E-state index in [1.807, 2.05) is 0 Å². The summed E-state index contributed by atoms with van der Waals surface area (Å²) >= 11 is 0.